The molecule has 0 aliphatic heterocycles. The number of carboxylic acid groups (broad SMARTS) is 1. The number of rotatable bonds is 6. The van der Waals surface area contributed by atoms with Gasteiger partial charge in [-0.1, -0.05) is 45.9 Å². The zero-order valence-corrected chi connectivity index (χ0v) is 12.5. The van der Waals surface area contributed by atoms with Crippen LogP contribution in [0.15, 0.2) is 18.2 Å². The van der Waals surface area contributed by atoms with Crippen molar-refractivity contribution in [2.45, 2.75) is 58.2 Å². The lowest BCUT2D eigenvalue weighted by Crippen LogP contribution is -2.24. The minimum Gasteiger partial charge on any atom is -0.481 e. The molecule has 20 heavy (non-hydrogen) atoms. The third-order valence-corrected chi connectivity index (χ3v) is 3.46. The van der Waals surface area contributed by atoms with Crippen LogP contribution in [0.25, 0.3) is 0 Å². The van der Waals surface area contributed by atoms with Gasteiger partial charge in [-0.25, -0.2) is 0 Å². The molecule has 0 aromatic heterocycles. The van der Waals surface area contributed by atoms with Gasteiger partial charge < -0.3 is 15.3 Å². The lowest BCUT2D eigenvalue weighted by molar-refractivity contribution is -0.141. The van der Waals surface area contributed by atoms with Crippen molar-refractivity contribution in [1.82, 2.24) is 0 Å². The van der Waals surface area contributed by atoms with Crippen LogP contribution in [0.2, 0.25) is 0 Å². The van der Waals surface area contributed by atoms with Gasteiger partial charge in [-0.15, -0.1) is 0 Å². The van der Waals surface area contributed by atoms with Gasteiger partial charge in [0.15, 0.2) is 0 Å². The molecule has 3 N–H and O–H groups in total. The van der Waals surface area contributed by atoms with Crippen LogP contribution in [0.5, 0.6) is 0 Å². The van der Waals surface area contributed by atoms with E-state index in [-0.39, 0.29) is 11.8 Å². The summed E-state index contributed by atoms with van der Waals surface area (Å²) in [6, 6.07) is 5.77. The first-order valence-electron chi connectivity index (χ1n) is 6.96. The van der Waals surface area contributed by atoms with Crippen LogP contribution in [-0.4, -0.2) is 27.4 Å². The molecule has 112 valence electrons. The molecule has 0 amide bonds. The molecule has 2 unspecified atom stereocenters. The minimum atomic E-state index is -1.30. The predicted octanol–water partition coefficient (Wildman–Crippen LogP) is 2.80. The highest BCUT2D eigenvalue weighted by Crippen LogP contribution is 2.34. The second kappa shape index (κ2) is 6.86. The molecule has 0 heterocycles. The largest absolute Gasteiger partial charge is 0.481 e. The normalized spacial score (nSPS) is 14.6. The molecule has 1 rings (SSSR count). The number of aliphatic carboxylic acids is 1. The fourth-order valence-corrected chi connectivity index (χ4v) is 2.43. The van der Waals surface area contributed by atoms with E-state index in [1.807, 2.05) is 45.9 Å². The van der Waals surface area contributed by atoms with Gasteiger partial charge in [0.2, 0.25) is 0 Å². The number of carbonyl (C=O) groups is 1. The average Bonchev–Trinajstić information content (AvgIpc) is 2.35. The van der Waals surface area contributed by atoms with Crippen LogP contribution in [0.3, 0.4) is 0 Å². The number of carboxylic acids is 1. The maximum Gasteiger partial charge on any atom is 0.306 e. The summed E-state index contributed by atoms with van der Waals surface area (Å²) in [5, 5.41) is 29.1. The van der Waals surface area contributed by atoms with Crippen molar-refractivity contribution in [3.63, 3.8) is 0 Å². The van der Waals surface area contributed by atoms with E-state index in [0.717, 1.165) is 11.1 Å². The summed E-state index contributed by atoms with van der Waals surface area (Å²) in [5.41, 5.74) is 2.58. The second-order valence-corrected chi connectivity index (χ2v) is 5.77. The van der Waals surface area contributed by atoms with Crippen molar-refractivity contribution >= 4 is 5.97 Å². The maximum absolute atomic E-state index is 10.7. The standard InChI is InChI=1S/C16H24O4/c1-9(2)11-6-5-7-12(10(3)4)15(11)16(20)13(17)8-14(18)19/h5-7,9-10,13,16-17,20H,8H2,1-4H3,(H,18,19). The number of benzene rings is 1. The Kier molecular flexibility index (Phi) is 5.72. The minimum absolute atomic E-state index is 0.190. The van der Waals surface area contributed by atoms with Crippen LogP contribution in [0.1, 0.15) is 68.7 Å². The van der Waals surface area contributed by atoms with E-state index in [4.69, 9.17) is 5.11 Å². The van der Waals surface area contributed by atoms with Crippen molar-refractivity contribution in [2.75, 3.05) is 0 Å². The Labute approximate surface area is 120 Å². The van der Waals surface area contributed by atoms with E-state index in [2.05, 4.69) is 0 Å². The molecule has 0 fully saturated rings. The van der Waals surface area contributed by atoms with Gasteiger partial charge in [0, 0.05) is 0 Å². The third-order valence-electron chi connectivity index (χ3n) is 3.46. The highest BCUT2D eigenvalue weighted by atomic mass is 16.4. The van der Waals surface area contributed by atoms with Gasteiger partial charge in [0.25, 0.3) is 0 Å². The van der Waals surface area contributed by atoms with Crippen molar-refractivity contribution in [3.8, 4) is 0 Å². The van der Waals surface area contributed by atoms with Crippen LogP contribution >= 0.6 is 0 Å². The Bertz CT molecular complexity index is 439. The topological polar surface area (TPSA) is 77.8 Å². The first kappa shape index (κ1) is 16.7. The molecule has 0 saturated carbocycles. The van der Waals surface area contributed by atoms with E-state index in [1.165, 1.54) is 0 Å². The van der Waals surface area contributed by atoms with E-state index in [1.54, 1.807) is 0 Å². The van der Waals surface area contributed by atoms with Crippen molar-refractivity contribution < 1.29 is 20.1 Å². The fraction of sp³-hybridized carbons (Fsp3) is 0.562. The van der Waals surface area contributed by atoms with Gasteiger partial charge >= 0.3 is 5.97 Å². The molecular formula is C16H24O4. The first-order valence-corrected chi connectivity index (χ1v) is 6.96. The maximum atomic E-state index is 10.7. The quantitative estimate of drug-likeness (QED) is 0.748. The highest BCUT2D eigenvalue weighted by Gasteiger charge is 2.27. The van der Waals surface area contributed by atoms with Crippen LogP contribution in [0.4, 0.5) is 0 Å². The Morgan fingerprint density at radius 3 is 1.85 bits per heavy atom. The predicted molar refractivity (Wildman–Crippen MR) is 77.8 cm³/mol. The van der Waals surface area contributed by atoms with Gasteiger partial charge in [-0.3, -0.25) is 4.79 Å². The van der Waals surface area contributed by atoms with Gasteiger partial charge in [0.1, 0.15) is 6.10 Å². The molecule has 0 bridgehead atoms. The summed E-state index contributed by atoms with van der Waals surface area (Å²) in [6.45, 7) is 8.05. The monoisotopic (exact) mass is 280 g/mol. The van der Waals surface area contributed by atoms with E-state index >= 15 is 0 Å². The van der Waals surface area contributed by atoms with Crippen molar-refractivity contribution in [1.29, 1.82) is 0 Å². The summed E-state index contributed by atoms with van der Waals surface area (Å²) in [7, 11) is 0. The van der Waals surface area contributed by atoms with Crippen molar-refractivity contribution in [3.05, 3.63) is 34.9 Å². The molecule has 4 nitrogen and oxygen atoms in total. The van der Waals surface area contributed by atoms with E-state index in [0.29, 0.717) is 5.56 Å². The summed E-state index contributed by atoms with van der Waals surface area (Å²) in [6.07, 6.45) is -2.95. The Balaban J connectivity index is 3.28. The third kappa shape index (κ3) is 3.81. The highest BCUT2D eigenvalue weighted by molar-refractivity contribution is 5.67. The smallest absolute Gasteiger partial charge is 0.306 e. The van der Waals surface area contributed by atoms with Gasteiger partial charge in [0.05, 0.1) is 12.5 Å². The molecular weight excluding hydrogens is 256 g/mol. The molecule has 1 aromatic rings. The summed E-state index contributed by atoms with van der Waals surface area (Å²) >= 11 is 0. The Morgan fingerprint density at radius 1 is 1.05 bits per heavy atom. The van der Waals surface area contributed by atoms with Crippen LogP contribution in [-0.2, 0) is 4.79 Å². The number of aliphatic hydroxyl groups excluding tert-OH is 2. The molecule has 4 heteroatoms. The molecule has 0 spiro atoms. The summed E-state index contributed by atoms with van der Waals surface area (Å²) in [5.74, 6) is -0.740. The SMILES string of the molecule is CC(C)c1cccc(C(C)C)c1C(O)C(O)CC(=O)O. The molecule has 1 aromatic carbocycles. The molecule has 0 saturated heterocycles. The lowest BCUT2D eigenvalue weighted by atomic mass is 9.84. The number of hydrogen-bond donors (Lipinski definition) is 3. The Morgan fingerprint density at radius 2 is 1.50 bits per heavy atom. The lowest BCUT2D eigenvalue weighted by Gasteiger charge is -2.26. The summed E-state index contributed by atoms with van der Waals surface area (Å²) < 4.78 is 0. The number of aliphatic hydroxyl groups is 2. The van der Waals surface area contributed by atoms with Crippen LogP contribution in [0, 0.1) is 0 Å². The first-order chi connectivity index (χ1) is 9.25. The number of hydrogen-bond acceptors (Lipinski definition) is 3. The molecule has 0 aliphatic carbocycles. The second-order valence-electron chi connectivity index (χ2n) is 5.77. The van der Waals surface area contributed by atoms with E-state index < -0.39 is 24.6 Å². The van der Waals surface area contributed by atoms with Gasteiger partial charge in [-0.05, 0) is 28.5 Å². The molecule has 0 radical (unpaired) electrons. The molecule has 0 aliphatic rings. The van der Waals surface area contributed by atoms with Gasteiger partial charge in [-0.2, -0.15) is 0 Å². The van der Waals surface area contributed by atoms with E-state index in [9.17, 15) is 15.0 Å². The average molecular weight is 280 g/mol. The fourth-order valence-electron chi connectivity index (χ4n) is 2.43. The van der Waals surface area contributed by atoms with Crippen LogP contribution < -0.4 is 0 Å². The summed E-state index contributed by atoms with van der Waals surface area (Å²) in [4.78, 5) is 10.7. The zero-order valence-electron chi connectivity index (χ0n) is 12.5. The zero-order chi connectivity index (χ0) is 15.4. The van der Waals surface area contributed by atoms with Crippen molar-refractivity contribution in [2.24, 2.45) is 0 Å². The molecule has 2 atom stereocenters. The Hall–Kier alpha value is -1.39.